The number of carbonyl (C=O) groups excluding carboxylic acids is 2. The molecule has 0 saturated carbocycles. The predicted octanol–water partition coefficient (Wildman–Crippen LogP) is 1.08. The third kappa shape index (κ3) is 4.74. The first kappa shape index (κ1) is 13.3. The Hall–Kier alpha value is -1.75. The van der Waals surface area contributed by atoms with E-state index in [1.807, 2.05) is 0 Å². The molecule has 0 fully saturated rings. The lowest BCUT2D eigenvalue weighted by atomic mass is 10.3. The minimum absolute atomic E-state index is 0.00523. The summed E-state index contributed by atoms with van der Waals surface area (Å²) < 4.78 is 0. The van der Waals surface area contributed by atoms with Gasteiger partial charge in [0.1, 0.15) is 11.6 Å². The lowest BCUT2D eigenvalue weighted by Crippen LogP contribution is -2.28. The highest BCUT2D eigenvalue weighted by Crippen LogP contribution is 2.21. The zero-order valence-electron chi connectivity index (χ0n) is 9.07. The van der Waals surface area contributed by atoms with E-state index in [1.54, 1.807) is 18.2 Å². The Morgan fingerprint density at radius 2 is 1.94 bits per heavy atom. The average Bonchev–Trinajstić information content (AvgIpc) is 2.32. The number of amides is 2. The molecule has 2 amide bonds. The van der Waals surface area contributed by atoms with Crippen LogP contribution in [0.3, 0.4) is 0 Å². The number of halogens is 1. The standard InChI is InChI=1S/C11H13ClN2O3/c12-7-11(17)13-6-5-10(16)14-8-3-1-2-4-9(8)15/h1-4,15H,5-7H2,(H,13,17)(H,14,16). The lowest BCUT2D eigenvalue weighted by molar-refractivity contribution is -0.119. The maximum absolute atomic E-state index is 11.4. The molecule has 1 aromatic rings. The van der Waals surface area contributed by atoms with Gasteiger partial charge in [0.15, 0.2) is 0 Å². The van der Waals surface area contributed by atoms with Crippen molar-refractivity contribution < 1.29 is 14.7 Å². The van der Waals surface area contributed by atoms with Crippen LogP contribution in [0.4, 0.5) is 5.69 Å². The summed E-state index contributed by atoms with van der Waals surface area (Å²) in [5.41, 5.74) is 0.348. The summed E-state index contributed by atoms with van der Waals surface area (Å²) in [5.74, 6) is -0.727. The molecular formula is C11H13ClN2O3. The molecule has 1 rings (SSSR count). The van der Waals surface area contributed by atoms with Gasteiger partial charge in [-0.2, -0.15) is 0 Å². The molecule has 0 heterocycles. The highest BCUT2D eigenvalue weighted by atomic mass is 35.5. The fourth-order valence-electron chi connectivity index (χ4n) is 1.15. The van der Waals surface area contributed by atoms with Crippen molar-refractivity contribution in [2.24, 2.45) is 0 Å². The highest BCUT2D eigenvalue weighted by molar-refractivity contribution is 6.27. The van der Waals surface area contributed by atoms with Gasteiger partial charge in [-0.1, -0.05) is 12.1 Å². The number of benzene rings is 1. The van der Waals surface area contributed by atoms with Gasteiger partial charge in [-0.25, -0.2) is 0 Å². The van der Waals surface area contributed by atoms with E-state index in [9.17, 15) is 14.7 Å². The summed E-state index contributed by atoms with van der Waals surface area (Å²) in [7, 11) is 0. The van der Waals surface area contributed by atoms with Crippen molar-refractivity contribution in [2.45, 2.75) is 6.42 Å². The molecule has 0 atom stereocenters. The van der Waals surface area contributed by atoms with Crippen LogP contribution in [0.1, 0.15) is 6.42 Å². The SMILES string of the molecule is O=C(CCl)NCCC(=O)Nc1ccccc1O. The van der Waals surface area contributed by atoms with Gasteiger partial charge in [0.25, 0.3) is 0 Å². The van der Waals surface area contributed by atoms with E-state index in [1.165, 1.54) is 6.07 Å². The molecule has 5 nitrogen and oxygen atoms in total. The Morgan fingerprint density at radius 3 is 2.59 bits per heavy atom. The number of alkyl halides is 1. The number of phenols is 1. The minimum Gasteiger partial charge on any atom is -0.506 e. The van der Waals surface area contributed by atoms with Crippen molar-refractivity contribution in [2.75, 3.05) is 17.7 Å². The van der Waals surface area contributed by atoms with E-state index in [0.717, 1.165) is 0 Å². The number of rotatable bonds is 5. The smallest absolute Gasteiger partial charge is 0.234 e. The number of nitrogens with one attached hydrogen (secondary N) is 2. The van der Waals surface area contributed by atoms with E-state index in [4.69, 9.17) is 11.6 Å². The molecule has 0 radical (unpaired) electrons. The second-order valence-corrected chi connectivity index (χ2v) is 3.57. The predicted molar refractivity (Wildman–Crippen MR) is 65.1 cm³/mol. The molecule has 0 unspecified atom stereocenters. The van der Waals surface area contributed by atoms with E-state index >= 15 is 0 Å². The maximum Gasteiger partial charge on any atom is 0.234 e. The van der Waals surface area contributed by atoms with Crippen molar-refractivity contribution >= 4 is 29.1 Å². The molecule has 3 N–H and O–H groups in total. The van der Waals surface area contributed by atoms with Crippen molar-refractivity contribution in [1.82, 2.24) is 5.32 Å². The molecule has 0 saturated heterocycles. The summed E-state index contributed by atoms with van der Waals surface area (Å²) in [6, 6.07) is 6.42. The first-order valence-corrected chi connectivity index (χ1v) is 5.57. The summed E-state index contributed by atoms with van der Waals surface area (Å²) in [4.78, 5) is 22.2. The second-order valence-electron chi connectivity index (χ2n) is 3.30. The maximum atomic E-state index is 11.4. The Morgan fingerprint density at radius 1 is 1.24 bits per heavy atom. The zero-order chi connectivity index (χ0) is 12.7. The molecule has 6 heteroatoms. The van der Waals surface area contributed by atoms with Crippen LogP contribution in [-0.4, -0.2) is 29.3 Å². The Labute approximate surface area is 104 Å². The van der Waals surface area contributed by atoms with Crippen molar-refractivity contribution in [3.8, 4) is 5.75 Å². The van der Waals surface area contributed by atoms with Gasteiger partial charge in [0, 0.05) is 13.0 Å². The highest BCUT2D eigenvalue weighted by Gasteiger charge is 2.06. The summed E-state index contributed by atoms with van der Waals surface area (Å²) >= 11 is 5.27. The molecule has 1 aromatic carbocycles. The first-order valence-electron chi connectivity index (χ1n) is 5.04. The summed E-state index contributed by atoms with van der Waals surface area (Å²) in [6.45, 7) is 0.213. The van der Waals surface area contributed by atoms with Gasteiger partial charge in [0.05, 0.1) is 5.69 Å². The fourth-order valence-corrected chi connectivity index (χ4v) is 1.25. The molecule has 0 aliphatic carbocycles. The quantitative estimate of drug-likeness (QED) is 0.545. The van der Waals surface area contributed by atoms with Crippen molar-refractivity contribution in [3.05, 3.63) is 24.3 Å². The van der Waals surface area contributed by atoms with Crippen LogP contribution in [-0.2, 0) is 9.59 Å². The number of para-hydroxylation sites is 2. The minimum atomic E-state index is -0.318. The topological polar surface area (TPSA) is 78.4 Å². The number of phenolic OH excluding ortho intramolecular Hbond substituents is 1. The van der Waals surface area contributed by atoms with Gasteiger partial charge in [-0.15, -0.1) is 11.6 Å². The van der Waals surface area contributed by atoms with Crippen molar-refractivity contribution in [3.63, 3.8) is 0 Å². The monoisotopic (exact) mass is 256 g/mol. The second kappa shape index (κ2) is 6.75. The molecule has 0 aliphatic heterocycles. The number of anilines is 1. The van der Waals surface area contributed by atoms with Crippen LogP contribution >= 0.6 is 11.6 Å². The van der Waals surface area contributed by atoms with Crippen molar-refractivity contribution in [1.29, 1.82) is 0 Å². The summed E-state index contributed by atoms with van der Waals surface area (Å²) in [6.07, 6.45) is 0.122. The van der Waals surface area contributed by atoms with Gasteiger partial charge < -0.3 is 15.7 Å². The molecule has 0 aliphatic rings. The normalized spacial score (nSPS) is 9.71. The van der Waals surface area contributed by atoms with Crippen LogP contribution in [0.5, 0.6) is 5.75 Å². The van der Waals surface area contributed by atoms with E-state index in [0.29, 0.717) is 5.69 Å². The Balaban J connectivity index is 2.35. The molecule has 92 valence electrons. The van der Waals surface area contributed by atoms with Gasteiger partial charge in [-0.3, -0.25) is 9.59 Å². The number of carbonyl (C=O) groups is 2. The van der Waals surface area contributed by atoms with Gasteiger partial charge >= 0.3 is 0 Å². The van der Waals surface area contributed by atoms with E-state index in [2.05, 4.69) is 10.6 Å². The molecule has 0 bridgehead atoms. The van der Waals surface area contributed by atoms with Gasteiger partial charge in [-0.05, 0) is 12.1 Å². The molecular weight excluding hydrogens is 244 g/mol. The zero-order valence-corrected chi connectivity index (χ0v) is 9.83. The van der Waals surface area contributed by atoms with Crippen LogP contribution < -0.4 is 10.6 Å². The fraction of sp³-hybridized carbons (Fsp3) is 0.273. The molecule has 0 spiro atoms. The van der Waals surface area contributed by atoms with Crippen LogP contribution in [0.25, 0.3) is 0 Å². The van der Waals surface area contributed by atoms with Crippen LogP contribution in [0, 0.1) is 0 Å². The number of aromatic hydroxyl groups is 1. The lowest BCUT2D eigenvalue weighted by Gasteiger charge is -2.07. The van der Waals surface area contributed by atoms with E-state index in [-0.39, 0.29) is 36.4 Å². The first-order chi connectivity index (χ1) is 8.13. The van der Waals surface area contributed by atoms with Crippen LogP contribution in [0.2, 0.25) is 0 Å². The average molecular weight is 257 g/mol. The molecule has 0 aromatic heterocycles. The van der Waals surface area contributed by atoms with Crippen LogP contribution in [0.15, 0.2) is 24.3 Å². The third-order valence-corrected chi connectivity index (χ3v) is 2.22. The Bertz CT molecular complexity index is 409. The van der Waals surface area contributed by atoms with E-state index < -0.39 is 0 Å². The third-order valence-electron chi connectivity index (χ3n) is 1.97. The molecule has 17 heavy (non-hydrogen) atoms. The Kier molecular flexibility index (Phi) is 5.29. The van der Waals surface area contributed by atoms with Gasteiger partial charge in [0.2, 0.25) is 11.8 Å². The number of hydrogen-bond donors (Lipinski definition) is 3. The number of hydrogen-bond acceptors (Lipinski definition) is 3. The summed E-state index contributed by atoms with van der Waals surface area (Å²) in [5, 5.41) is 14.4. The largest absolute Gasteiger partial charge is 0.506 e.